The monoisotopic (exact) mass is 466 g/mol. The van der Waals surface area contributed by atoms with Crippen LogP contribution in [0, 0.1) is 5.82 Å². The fourth-order valence-corrected chi connectivity index (χ4v) is 4.33. The molecule has 1 atom stereocenters. The van der Waals surface area contributed by atoms with Crippen molar-refractivity contribution in [2.75, 3.05) is 13.1 Å². The first-order valence-corrected chi connectivity index (χ1v) is 11.0. The summed E-state index contributed by atoms with van der Waals surface area (Å²) in [4.78, 5) is 34.8. The third-order valence-electron chi connectivity index (χ3n) is 5.86. The Bertz CT molecular complexity index is 1380. The van der Waals surface area contributed by atoms with E-state index in [4.69, 9.17) is 11.6 Å². The molecule has 3 heterocycles. The molecule has 0 spiro atoms. The molecule has 0 bridgehead atoms. The lowest BCUT2D eigenvalue weighted by Crippen LogP contribution is -2.40. The van der Waals surface area contributed by atoms with Crippen molar-refractivity contribution in [1.29, 1.82) is 0 Å². The normalized spacial score (nSPS) is 16.3. The molecule has 168 valence electrons. The number of likely N-dealkylation sites (tertiary alicyclic amines) is 1. The Balaban J connectivity index is 1.43. The van der Waals surface area contributed by atoms with Crippen molar-refractivity contribution in [3.63, 3.8) is 0 Å². The van der Waals surface area contributed by atoms with Gasteiger partial charge >= 0.3 is 0 Å². The summed E-state index contributed by atoms with van der Waals surface area (Å²) in [6.07, 6.45) is 1.53. The summed E-state index contributed by atoms with van der Waals surface area (Å²) in [5, 5.41) is 8.68. The average Bonchev–Trinajstić information content (AvgIpc) is 3.24. The number of rotatable bonds is 4. The molecule has 1 aliphatic heterocycles. The molecule has 0 radical (unpaired) electrons. The third kappa shape index (κ3) is 4.23. The largest absolute Gasteiger partial charge is 0.338 e. The van der Waals surface area contributed by atoms with Crippen molar-refractivity contribution in [1.82, 2.24) is 29.9 Å². The van der Waals surface area contributed by atoms with Crippen LogP contribution in [0.2, 0.25) is 5.02 Å². The number of carbonyl (C=O) groups is 1. The minimum Gasteiger partial charge on any atom is -0.338 e. The van der Waals surface area contributed by atoms with E-state index >= 15 is 0 Å². The first-order chi connectivity index (χ1) is 16.0. The van der Waals surface area contributed by atoms with E-state index in [9.17, 15) is 14.0 Å². The number of hydrogen-bond acceptors (Lipinski definition) is 5. The number of H-pyrrole nitrogens is 1. The number of hydrogen-bond donors (Lipinski definition) is 1. The fraction of sp³-hybridized carbons (Fsp3) is 0.261. The predicted molar refractivity (Wildman–Crippen MR) is 121 cm³/mol. The first kappa shape index (κ1) is 21.3. The summed E-state index contributed by atoms with van der Waals surface area (Å²) < 4.78 is 14.8. The second kappa shape index (κ2) is 8.74. The molecule has 1 N–H and O–H groups in total. The lowest BCUT2D eigenvalue weighted by Gasteiger charge is -2.32. The zero-order valence-electron chi connectivity index (χ0n) is 17.5. The fourth-order valence-electron chi connectivity index (χ4n) is 4.13. The van der Waals surface area contributed by atoms with E-state index in [1.165, 1.54) is 24.3 Å². The molecule has 2 aromatic carbocycles. The molecule has 8 nitrogen and oxygen atoms in total. The van der Waals surface area contributed by atoms with Crippen LogP contribution in [0.5, 0.6) is 0 Å². The Labute approximate surface area is 193 Å². The van der Waals surface area contributed by atoms with E-state index in [1.54, 1.807) is 15.6 Å². The molecule has 1 fully saturated rings. The van der Waals surface area contributed by atoms with Gasteiger partial charge in [0.1, 0.15) is 11.6 Å². The Morgan fingerprint density at radius 1 is 1.18 bits per heavy atom. The van der Waals surface area contributed by atoms with Crippen LogP contribution < -0.4 is 5.56 Å². The minimum atomic E-state index is -0.389. The SMILES string of the molecule is O=C(c1ccc(F)cc1)N1CCCC(c2nc3c(nnn3Cc3ccccc3Cl)c(=O)[nH]2)C1. The van der Waals surface area contributed by atoms with Crippen molar-refractivity contribution in [3.05, 3.63) is 86.7 Å². The molecular weight excluding hydrogens is 447 g/mol. The summed E-state index contributed by atoms with van der Waals surface area (Å²) in [5.41, 5.74) is 1.42. The van der Waals surface area contributed by atoms with Crippen LogP contribution in [-0.2, 0) is 6.54 Å². The molecule has 0 aliphatic carbocycles. The van der Waals surface area contributed by atoms with Crippen molar-refractivity contribution in [2.24, 2.45) is 0 Å². The molecule has 5 rings (SSSR count). The van der Waals surface area contributed by atoms with E-state index in [0.717, 1.165) is 18.4 Å². The van der Waals surface area contributed by atoms with Gasteiger partial charge in [-0.25, -0.2) is 14.1 Å². The number of nitrogens with one attached hydrogen (secondary N) is 1. The topological polar surface area (TPSA) is 96.8 Å². The zero-order valence-corrected chi connectivity index (χ0v) is 18.3. The number of aromatic amines is 1. The minimum absolute atomic E-state index is 0.149. The average molecular weight is 467 g/mol. The number of benzene rings is 2. The maximum Gasteiger partial charge on any atom is 0.281 e. The number of fused-ring (bicyclic) bond motifs is 1. The van der Waals surface area contributed by atoms with E-state index < -0.39 is 0 Å². The van der Waals surface area contributed by atoms with Crippen molar-refractivity contribution >= 4 is 28.7 Å². The molecule has 1 aliphatic rings. The molecule has 1 saturated heterocycles. The number of piperidine rings is 1. The van der Waals surface area contributed by atoms with Gasteiger partial charge in [0, 0.05) is 29.6 Å². The van der Waals surface area contributed by atoms with Crippen LogP contribution in [0.4, 0.5) is 4.39 Å². The highest BCUT2D eigenvalue weighted by atomic mass is 35.5. The summed E-state index contributed by atoms with van der Waals surface area (Å²) >= 11 is 6.27. The van der Waals surface area contributed by atoms with Crippen molar-refractivity contribution < 1.29 is 9.18 Å². The summed E-state index contributed by atoms with van der Waals surface area (Å²) in [7, 11) is 0. The van der Waals surface area contributed by atoms with E-state index in [-0.39, 0.29) is 28.7 Å². The van der Waals surface area contributed by atoms with Crippen LogP contribution in [0.25, 0.3) is 11.2 Å². The summed E-state index contributed by atoms with van der Waals surface area (Å²) in [6.45, 7) is 1.31. The Morgan fingerprint density at radius 3 is 2.76 bits per heavy atom. The third-order valence-corrected chi connectivity index (χ3v) is 6.23. The smallest absolute Gasteiger partial charge is 0.281 e. The van der Waals surface area contributed by atoms with Gasteiger partial charge in [-0.3, -0.25) is 9.59 Å². The standard InChI is InChI=1S/C23H20ClFN6O2/c24-18-6-2-1-4-15(18)13-31-21-19(28-29-31)22(32)27-20(26-21)16-5-3-11-30(12-16)23(33)14-7-9-17(25)10-8-14/h1-2,4,6-10,16H,3,5,11-13H2,(H,26,27,32). The highest BCUT2D eigenvalue weighted by Gasteiger charge is 2.28. The Morgan fingerprint density at radius 2 is 1.97 bits per heavy atom. The van der Waals surface area contributed by atoms with Crippen molar-refractivity contribution in [2.45, 2.75) is 25.3 Å². The molecule has 4 aromatic rings. The number of amides is 1. The quantitative estimate of drug-likeness (QED) is 0.497. The maximum absolute atomic E-state index is 13.2. The Hall–Kier alpha value is -3.59. The summed E-state index contributed by atoms with van der Waals surface area (Å²) in [5.74, 6) is -0.218. The molecule has 1 amide bonds. The number of aromatic nitrogens is 5. The molecule has 1 unspecified atom stereocenters. The number of nitrogens with zero attached hydrogens (tertiary/aromatic N) is 5. The second-order valence-corrected chi connectivity index (χ2v) is 8.47. The lowest BCUT2D eigenvalue weighted by atomic mass is 9.96. The van der Waals surface area contributed by atoms with Crippen LogP contribution in [0.3, 0.4) is 0 Å². The Kier molecular flexibility index (Phi) is 5.63. The van der Waals surface area contributed by atoms with Crippen molar-refractivity contribution in [3.8, 4) is 0 Å². The first-order valence-electron chi connectivity index (χ1n) is 10.6. The van der Waals surface area contributed by atoms with E-state index in [1.807, 2.05) is 18.2 Å². The zero-order chi connectivity index (χ0) is 22.9. The number of halogens is 2. The van der Waals surface area contributed by atoms with E-state index in [2.05, 4.69) is 20.3 Å². The second-order valence-electron chi connectivity index (χ2n) is 8.06. The summed E-state index contributed by atoms with van der Waals surface area (Å²) in [6, 6.07) is 12.9. The highest BCUT2D eigenvalue weighted by Crippen LogP contribution is 2.26. The van der Waals surface area contributed by atoms with Gasteiger partial charge in [0.15, 0.2) is 11.2 Å². The van der Waals surface area contributed by atoms with Gasteiger partial charge in [0.2, 0.25) is 0 Å². The lowest BCUT2D eigenvalue weighted by molar-refractivity contribution is 0.0704. The van der Waals surface area contributed by atoms with Gasteiger partial charge < -0.3 is 9.88 Å². The van der Waals surface area contributed by atoms with Gasteiger partial charge in [-0.1, -0.05) is 35.0 Å². The van der Waals surface area contributed by atoms with Gasteiger partial charge in [-0.05, 0) is 48.7 Å². The highest BCUT2D eigenvalue weighted by molar-refractivity contribution is 6.31. The molecule has 0 saturated carbocycles. The maximum atomic E-state index is 13.2. The molecular formula is C23H20ClFN6O2. The van der Waals surface area contributed by atoms with Gasteiger partial charge in [-0.2, -0.15) is 0 Å². The molecule has 33 heavy (non-hydrogen) atoms. The van der Waals surface area contributed by atoms with Crippen LogP contribution in [0.1, 0.15) is 40.5 Å². The van der Waals surface area contributed by atoms with Crippen LogP contribution in [0.15, 0.2) is 53.3 Å². The predicted octanol–water partition coefficient (Wildman–Crippen LogP) is 3.38. The van der Waals surface area contributed by atoms with E-state index in [0.29, 0.717) is 41.7 Å². The molecule has 2 aromatic heterocycles. The molecule has 10 heteroatoms. The number of carbonyl (C=O) groups excluding carboxylic acids is 1. The van der Waals surface area contributed by atoms with Crippen LogP contribution >= 0.6 is 11.6 Å². The van der Waals surface area contributed by atoms with Crippen LogP contribution in [-0.4, -0.2) is 48.9 Å². The van der Waals surface area contributed by atoms with Gasteiger partial charge in [0.25, 0.3) is 11.5 Å². The van der Waals surface area contributed by atoms with Gasteiger partial charge in [-0.15, -0.1) is 5.10 Å². The van der Waals surface area contributed by atoms with Gasteiger partial charge in [0.05, 0.1) is 6.54 Å².